The molecule has 6 heteroatoms. The molecule has 2 amide bonds. The average molecular weight is 523 g/mol. The number of halogens is 1. The molecule has 34 heavy (non-hydrogen) atoms. The van der Waals surface area contributed by atoms with E-state index in [-0.39, 0.29) is 18.4 Å². The summed E-state index contributed by atoms with van der Waals surface area (Å²) < 4.78 is 6.80. The second kappa shape index (κ2) is 12.4. The van der Waals surface area contributed by atoms with E-state index in [0.29, 0.717) is 25.3 Å². The number of nitrogens with one attached hydrogen (secondary N) is 1. The number of nitrogens with zero attached hydrogens (tertiary/aromatic N) is 1. The van der Waals surface area contributed by atoms with Crippen molar-refractivity contribution in [3.63, 3.8) is 0 Å². The molecule has 1 N–H and O–H groups in total. The Hall–Kier alpha value is -3.12. The first kappa shape index (κ1) is 25.5. The predicted octanol–water partition coefficient (Wildman–Crippen LogP) is 5.22. The molecule has 0 radical (unpaired) electrons. The summed E-state index contributed by atoms with van der Waals surface area (Å²) in [5.41, 5.74) is 4.05. The van der Waals surface area contributed by atoms with Crippen LogP contribution in [0, 0.1) is 13.8 Å². The van der Waals surface area contributed by atoms with Crippen LogP contribution in [0.1, 0.15) is 29.2 Å². The maximum atomic E-state index is 13.5. The van der Waals surface area contributed by atoms with Gasteiger partial charge in [-0.25, -0.2) is 0 Å². The lowest BCUT2D eigenvalue weighted by molar-refractivity contribution is -0.142. The SMILES string of the molecule is CCNC(=O)[C@@H](Cc1ccccc1)N(Cc1cccc(Br)c1)C(=O)COc1cc(C)cc(C)c1. The van der Waals surface area contributed by atoms with E-state index in [9.17, 15) is 9.59 Å². The predicted molar refractivity (Wildman–Crippen MR) is 139 cm³/mol. The van der Waals surface area contributed by atoms with Gasteiger partial charge in [0.15, 0.2) is 6.61 Å². The smallest absolute Gasteiger partial charge is 0.261 e. The maximum absolute atomic E-state index is 13.5. The summed E-state index contributed by atoms with van der Waals surface area (Å²) in [6.45, 7) is 6.49. The Bertz CT molecular complexity index is 1100. The zero-order valence-electron chi connectivity index (χ0n) is 19.9. The van der Waals surface area contributed by atoms with Crippen LogP contribution in [0.25, 0.3) is 0 Å². The van der Waals surface area contributed by atoms with Gasteiger partial charge in [0.2, 0.25) is 5.91 Å². The van der Waals surface area contributed by atoms with Crippen molar-refractivity contribution in [2.75, 3.05) is 13.2 Å². The number of hydrogen-bond donors (Lipinski definition) is 1. The molecule has 0 bridgehead atoms. The highest BCUT2D eigenvalue weighted by Gasteiger charge is 2.30. The van der Waals surface area contributed by atoms with Crippen molar-refractivity contribution in [2.24, 2.45) is 0 Å². The first-order chi connectivity index (χ1) is 16.4. The lowest BCUT2D eigenvalue weighted by Gasteiger charge is -2.31. The van der Waals surface area contributed by atoms with Gasteiger partial charge >= 0.3 is 0 Å². The molecule has 3 aromatic carbocycles. The number of amides is 2. The van der Waals surface area contributed by atoms with E-state index in [4.69, 9.17) is 4.74 Å². The van der Waals surface area contributed by atoms with Gasteiger partial charge in [-0.2, -0.15) is 0 Å². The van der Waals surface area contributed by atoms with Crippen molar-refractivity contribution in [3.8, 4) is 5.75 Å². The molecule has 3 rings (SSSR count). The fourth-order valence-corrected chi connectivity index (χ4v) is 4.37. The highest BCUT2D eigenvalue weighted by molar-refractivity contribution is 9.10. The molecule has 0 fully saturated rings. The molecular weight excluding hydrogens is 492 g/mol. The summed E-state index contributed by atoms with van der Waals surface area (Å²) >= 11 is 3.50. The number of benzene rings is 3. The molecule has 0 saturated heterocycles. The summed E-state index contributed by atoms with van der Waals surface area (Å²) in [4.78, 5) is 28.3. The highest BCUT2D eigenvalue weighted by Crippen LogP contribution is 2.20. The first-order valence-corrected chi connectivity index (χ1v) is 12.2. The molecule has 0 spiro atoms. The molecule has 1 atom stereocenters. The molecular formula is C28H31BrN2O3. The van der Waals surface area contributed by atoms with Crippen LogP contribution in [0.4, 0.5) is 0 Å². The lowest BCUT2D eigenvalue weighted by Crippen LogP contribution is -2.51. The van der Waals surface area contributed by atoms with Gasteiger partial charge in [0.1, 0.15) is 11.8 Å². The standard InChI is InChI=1S/C28H31BrN2O3/c1-4-30-28(33)26(17-22-9-6-5-7-10-22)31(18-23-11-8-12-24(29)16-23)27(32)19-34-25-14-20(2)13-21(3)15-25/h5-16,26H,4,17-19H2,1-3H3,(H,30,33)/t26-/m1/s1. The topological polar surface area (TPSA) is 58.6 Å². The Morgan fingerprint density at radius 2 is 1.62 bits per heavy atom. The summed E-state index contributed by atoms with van der Waals surface area (Å²) in [7, 11) is 0. The third-order valence-corrected chi connectivity index (χ3v) is 5.91. The zero-order valence-corrected chi connectivity index (χ0v) is 21.5. The van der Waals surface area contributed by atoms with E-state index in [1.165, 1.54) is 0 Å². The lowest BCUT2D eigenvalue weighted by atomic mass is 10.0. The third kappa shape index (κ3) is 7.45. The summed E-state index contributed by atoms with van der Waals surface area (Å²) in [5, 5.41) is 2.90. The number of aryl methyl sites for hydroxylation is 2. The van der Waals surface area contributed by atoms with Crippen molar-refractivity contribution >= 4 is 27.7 Å². The Balaban J connectivity index is 1.90. The number of rotatable bonds is 10. The second-order valence-electron chi connectivity index (χ2n) is 8.36. The summed E-state index contributed by atoms with van der Waals surface area (Å²) in [6.07, 6.45) is 0.413. The van der Waals surface area contributed by atoms with Crippen molar-refractivity contribution in [1.29, 1.82) is 0 Å². The quantitative estimate of drug-likeness (QED) is 0.397. The maximum Gasteiger partial charge on any atom is 0.261 e. The number of carbonyl (C=O) groups excluding carboxylic acids is 2. The first-order valence-electron chi connectivity index (χ1n) is 11.4. The van der Waals surface area contributed by atoms with Gasteiger partial charge < -0.3 is 15.0 Å². The summed E-state index contributed by atoms with van der Waals surface area (Å²) in [5.74, 6) is 0.221. The molecule has 178 valence electrons. The van der Waals surface area contributed by atoms with Crippen LogP contribution in [-0.4, -0.2) is 35.9 Å². The van der Waals surface area contributed by atoms with Gasteiger partial charge in [0, 0.05) is 24.0 Å². The molecule has 5 nitrogen and oxygen atoms in total. The molecule has 3 aromatic rings. The molecule has 0 saturated carbocycles. The van der Waals surface area contributed by atoms with Crippen molar-refractivity contribution < 1.29 is 14.3 Å². The normalized spacial score (nSPS) is 11.5. The molecule has 0 aromatic heterocycles. The van der Waals surface area contributed by atoms with Gasteiger partial charge in [0.05, 0.1) is 0 Å². The van der Waals surface area contributed by atoms with Gasteiger partial charge in [0.25, 0.3) is 5.91 Å². The van der Waals surface area contributed by atoms with Gasteiger partial charge in [-0.3, -0.25) is 9.59 Å². The minimum atomic E-state index is -0.670. The van der Waals surface area contributed by atoms with Crippen LogP contribution in [0.3, 0.4) is 0 Å². The molecule has 0 aliphatic heterocycles. The molecule has 0 heterocycles. The number of hydrogen-bond acceptors (Lipinski definition) is 3. The number of likely N-dealkylation sites (N-methyl/N-ethyl adjacent to an activating group) is 1. The van der Waals surface area contributed by atoms with Crippen molar-refractivity contribution in [1.82, 2.24) is 10.2 Å². The van der Waals surface area contributed by atoms with Crippen LogP contribution >= 0.6 is 15.9 Å². The summed E-state index contributed by atoms with van der Waals surface area (Å²) in [6, 6.07) is 22.7. The fraction of sp³-hybridized carbons (Fsp3) is 0.286. The van der Waals surface area contributed by atoms with E-state index in [2.05, 4.69) is 27.3 Å². The van der Waals surface area contributed by atoms with Gasteiger partial charge in [-0.05, 0) is 67.3 Å². The van der Waals surface area contributed by atoms with Crippen molar-refractivity contribution in [2.45, 2.75) is 39.8 Å². The van der Waals surface area contributed by atoms with Crippen LogP contribution in [0.5, 0.6) is 5.75 Å². The number of carbonyl (C=O) groups is 2. The average Bonchev–Trinajstić information content (AvgIpc) is 2.80. The second-order valence-corrected chi connectivity index (χ2v) is 9.28. The Kier molecular flexibility index (Phi) is 9.28. The van der Waals surface area contributed by atoms with Crippen LogP contribution in [0.15, 0.2) is 77.3 Å². The Morgan fingerprint density at radius 3 is 2.26 bits per heavy atom. The van der Waals surface area contributed by atoms with Crippen LogP contribution in [0.2, 0.25) is 0 Å². The van der Waals surface area contributed by atoms with Crippen LogP contribution < -0.4 is 10.1 Å². The van der Waals surface area contributed by atoms with Gasteiger partial charge in [-0.15, -0.1) is 0 Å². The third-order valence-electron chi connectivity index (χ3n) is 5.42. The Labute approximate surface area is 210 Å². The monoisotopic (exact) mass is 522 g/mol. The number of ether oxygens (including phenoxy) is 1. The van der Waals surface area contributed by atoms with E-state index < -0.39 is 6.04 Å². The van der Waals surface area contributed by atoms with E-state index in [0.717, 1.165) is 26.7 Å². The van der Waals surface area contributed by atoms with E-state index in [1.54, 1.807) is 4.90 Å². The zero-order chi connectivity index (χ0) is 24.5. The fourth-order valence-electron chi connectivity index (χ4n) is 3.92. The van der Waals surface area contributed by atoms with Crippen LogP contribution in [-0.2, 0) is 22.6 Å². The van der Waals surface area contributed by atoms with Crippen molar-refractivity contribution in [3.05, 3.63) is 99.5 Å². The Morgan fingerprint density at radius 1 is 0.941 bits per heavy atom. The van der Waals surface area contributed by atoms with Gasteiger partial charge in [-0.1, -0.05) is 64.5 Å². The molecule has 0 unspecified atom stereocenters. The highest BCUT2D eigenvalue weighted by atomic mass is 79.9. The van der Waals surface area contributed by atoms with E-state index >= 15 is 0 Å². The molecule has 0 aliphatic carbocycles. The van der Waals surface area contributed by atoms with E-state index in [1.807, 2.05) is 87.5 Å². The minimum absolute atomic E-state index is 0.151. The molecule has 0 aliphatic rings. The largest absolute Gasteiger partial charge is 0.484 e. The minimum Gasteiger partial charge on any atom is -0.484 e.